The van der Waals surface area contributed by atoms with E-state index in [0.29, 0.717) is 0 Å². The van der Waals surface area contributed by atoms with Crippen molar-refractivity contribution < 1.29 is 4.79 Å². The minimum absolute atomic E-state index is 0.394. The molecule has 3 heteroatoms. The fourth-order valence-electron chi connectivity index (χ4n) is 2.21. The Morgan fingerprint density at radius 2 is 2.13 bits per heavy atom. The van der Waals surface area contributed by atoms with Crippen LogP contribution >= 0.6 is 11.3 Å². The Balaban J connectivity index is 2.23. The molecule has 0 radical (unpaired) electrons. The average Bonchev–Trinajstić information content (AvgIpc) is 2.83. The number of likely N-dealkylation sites (tertiary alicyclic amines) is 1. The standard InChI is InChI=1S/C12H17NOS/c1-12(10-14,11-6-5-9-15-11)13-7-3-2-4-8-13/h5-6,9-10H,2-4,7-8H2,1H3. The molecule has 82 valence electrons. The van der Waals surface area contributed by atoms with Gasteiger partial charge in [0.15, 0.2) is 0 Å². The predicted molar refractivity (Wildman–Crippen MR) is 63.2 cm³/mol. The average molecular weight is 223 g/mol. The summed E-state index contributed by atoms with van der Waals surface area (Å²) in [6, 6.07) is 4.08. The van der Waals surface area contributed by atoms with Crippen LogP contribution in [0, 0.1) is 0 Å². The summed E-state index contributed by atoms with van der Waals surface area (Å²) in [6.07, 6.45) is 4.84. The minimum atomic E-state index is -0.394. The zero-order valence-corrected chi connectivity index (χ0v) is 9.93. The SMILES string of the molecule is CC(C=O)(c1cccs1)N1CCCCC1. The molecule has 15 heavy (non-hydrogen) atoms. The highest BCUT2D eigenvalue weighted by Crippen LogP contribution is 2.31. The highest BCUT2D eigenvalue weighted by atomic mass is 32.1. The Kier molecular flexibility index (Phi) is 3.22. The molecule has 2 nitrogen and oxygen atoms in total. The minimum Gasteiger partial charge on any atom is -0.301 e. The van der Waals surface area contributed by atoms with Crippen molar-refractivity contribution in [1.29, 1.82) is 0 Å². The summed E-state index contributed by atoms with van der Waals surface area (Å²) in [6.45, 7) is 4.14. The summed E-state index contributed by atoms with van der Waals surface area (Å²) < 4.78 is 0. The van der Waals surface area contributed by atoms with Gasteiger partial charge in [0.2, 0.25) is 0 Å². The third-order valence-electron chi connectivity index (χ3n) is 3.26. The molecule has 1 atom stereocenters. The van der Waals surface area contributed by atoms with Crippen molar-refractivity contribution in [2.45, 2.75) is 31.7 Å². The first kappa shape index (κ1) is 10.8. The van der Waals surface area contributed by atoms with Gasteiger partial charge < -0.3 is 4.79 Å². The second-order valence-corrected chi connectivity index (χ2v) is 5.24. The molecular formula is C12H17NOS. The first-order valence-electron chi connectivity index (χ1n) is 5.53. The summed E-state index contributed by atoms with van der Waals surface area (Å²) in [7, 11) is 0. The molecule has 1 saturated heterocycles. The van der Waals surface area contributed by atoms with Gasteiger partial charge >= 0.3 is 0 Å². The number of piperidine rings is 1. The smallest absolute Gasteiger partial charge is 0.145 e. The Bertz CT molecular complexity index is 316. The van der Waals surface area contributed by atoms with Gasteiger partial charge in [-0.1, -0.05) is 12.5 Å². The number of hydrogen-bond donors (Lipinski definition) is 0. The van der Waals surface area contributed by atoms with Crippen LogP contribution in [0.15, 0.2) is 17.5 Å². The Morgan fingerprint density at radius 3 is 2.67 bits per heavy atom. The highest BCUT2D eigenvalue weighted by Gasteiger charge is 2.34. The molecule has 0 saturated carbocycles. The zero-order chi connectivity index (χ0) is 10.7. The van der Waals surface area contributed by atoms with Crippen molar-refractivity contribution in [3.63, 3.8) is 0 Å². The second kappa shape index (κ2) is 4.45. The topological polar surface area (TPSA) is 20.3 Å². The van der Waals surface area contributed by atoms with E-state index in [0.717, 1.165) is 19.4 Å². The van der Waals surface area contributed by atoms with Gasteiger partial charge in [0.25, 0.3) is 0 Å². The van der Waals surface area contributed by atoms with Gasteiger partial charge in [-0.3, -0.25) is 4.90 Å². The van der Waals surface area contributed by atoms with Crippen LogP contribution < -0.4 is 0 Å². The van der Waals surface area contributed by atoms with Crippen molar-refractivity contribution in [3.05, 3.63) is 22.4 Å². The number of carbonyl (C=O) groups excluding carboxylic acids is 1. The molecule has 0 N–H and O–H groups in total. The number of rotatable bonds is 3. The van der Waals surface area contributed by atoms with Gasteiger partial charge in [-0.2, -0.15) is 0 Å². The maximum absolute atomic E-state index is 11.4. The molecule has 2 rings (SSSR count). The number of nitrogens with zero attached hydrogens (tertiary/aromatic N) is 1. The van der Waals surface area contributed by atoms with E-state index in [9.17, 15) is 4.79 Å². The van der Waals surface area contributed by atoms with Crippen LogP contribution in [0.2, 0.25) is 0 Å². The summed E-state index contributed by atoms with van der Waals surface area (Å²) in [5.41, 5.74) is -0.394. The highest BCUT2D eigenvalue weighted by molar-refractivity contribution is 7.10. The lowest BCUT2D eigenvalue weighted by atomic mass is 9.96. The summed E-state index contributed by atoms with van der Waals surface area (Å²) in [5.74, 6) is 0. The predicted octanol–water partition coefficient (Wildman–Crippen LogP) is 2.65. The van der Waals surface area contributed by atoms with E-state index in [1.807, 2.05) is 18.4 Å². The molecule has 0 aliphatic carbocycles. The molecule has 0 amide bonds. The summed E-state index contributed by atoms with van der Waals surface area (Å²) >= 11 is 1.68. The van der Waals surface area contributed by atoms with Crippen molar-refractivity contribution in [2.75, 3.05) is 13.1 Å². The normalized spacial score (nSPS) is 22.2. The molecule has 1 aliphatic rings. The van der Waals surface area contributed by atoms with Gasteiger partial charge in [0.05, 0.1) is 0 Å². The van der Waals surface area contributed by atoms with Crippen LogP contribution in [0.5, 0.6) is 0 Å². The molecule has 2 heterocycles. The molecule has 1 fully saturated rings. The first-order valence-corrected chi connectivity index (χ1v) is 6.41. The first-order chi connectivity index (χ1) is 7.27. The fraction of sp³-hybridized carbons (Fsp3) is 0.583. The molecular weight excluding hydrogens is 206 g/mol. The number of aldehydes is 1. The van der Waals surface area contributed by atoms with Gasteiger partial charge in [0, 0.05) is 4.88 Å². The lowest BCUT2D eigenvalue weighted by Gasteiger charge is -2.39. The van der Waals surface area contributed by atoms with Crippen LogP contribution in [0.25, 0.3) is 0 Å². The molecule has 1 aliphatic heterocycles. The third-order valence-corrected chi connectivity index (χ3v) is 4.36. The maximum atomic E-state index is 11.4. The van der Waals surface area contributed by atoms with Crippen LogP contribution in [0.3, 0.4) is 0 Å². The molecule has 1 aromatic heterocycles. The second-order valence-electron chi connectivity index (χ2n) is 4.29. The van der Waals surface area contributed by atoms with E-state index in [-0.39, 0.29) is 0 Å². The molecule has 1 unspecified atom stereocenters. The van der Waals surface area contributed by atoms with Gasteiger partial charge in [0.1, 0.15) is 11.8 Å². The number of carbonyl (C=O) groups is 1. The van der Waals surface area contributed by atoms with Crippen LogP contribution in [-0.4, -0.2) is 24.3 Å². The number of thiophene rings is 1. The lowest BCUT2D eigenvalue weighted by molar-refractivity contribution is -0.118. The van der Waals surface area contributed by atoms with E-state index in [1.54, 1.807) is 11.3 Å². The summed E-state index contributed by atoms with van der Waals surface area (Å²) in [5, 5.41) is 2.04. The Morgan fingerprint density at radius 1 is 1.40 bits per heavy atom. The van der Waals surface area contributed by atoms with Crippen molar-refractivity contribution >= 4 is 17.6 Å². The van der Waals surface area contributed by atoms with Crippen molar-refractivity contribution in [1.82, 2.24) is 4.90 Å². The van der Waals surface area contributed by atoms with Gasteiger partial charge in [-0.25, -0.2) is 0 Å². The van der Waals surface area contributed by atoms with E-state index < -0.39 is 5.54 Å². The quantitative estimate of drug-likeness (QED) is 0.734. The van der Waals surface area contributed by atoms with Gasteiger partial charge in [-0.15, -0.1) is 11.3 Å². The largest absolute Gasteiger partial charge is 0.301 e. The molecule has 1 aromatic rings. The molecule has 0 aromatic carbocycles. The van der Waals surface area contributed by atoms with E-state index in [1.165, 1.54) is 24.1 Å². The van der Waals surface area contributed by atoms with Crippen LogP contribution in [-0.2, 0) is 10.3 Å². The van der Waals surface area contributed by atoms with Crippen LogP contribution in [0.4, 0.5) is 0 Å². The van der Waals surface area contributed by atoms with Gasteiger partial charge in [-0.05, 0) is 44.3 Å². The van der Waals surface area contributed by atoms with Crippen LogP contribution in [0.1, 0.15) is 31.1 Å². The van der Waals surface area contributed by atoms with Crippen molar-refractivity contribution in [3.8, 4) is 0 Å². The zero-order valence-electron chi connectivity index (χ0n) is 9.11. The van der Waals surface area contributed by atoms with E-state index in [4.69, 9.17) is 0 Å². The molecule has 0 spiro atoms. The summed E-state index contributed by atoms with van der Waals surface area (Å²) in [4.78, 5) is 14.9. The monoisotopic (exact) mass is 223 g/mol. The number of hydrogen-bond acceptors (Lipinski definition) is 3. The van der Waals surface area contributed by atoms with E-state index in [2.05, 4.69) is 11.0 Å². The Hall–Kier alpha value is -0.670. The van der Waals surface area contributed by atoms with E-state index >= 15 is 0 Å². The fourth-order valence-corrected chi connectivity index (χ4v) is 3.09. The Labute approximate surface area is 94.9 Å². The third kappa shape index (κ3) is 1.99. The molecule has 0 bridgehead atoms. The lowest BCUT2D eigenvalue weighted by Crippen LogP contribution is -2.47. The van der Waals surface area contributed by atoms with Crippen molar-refractivity contribution in [2.24, 2.45) is 0 Å². The maximum Gasteiger partial charge on any atom is 0.145 e.